The van der Waals surface area contributed by atoms with Crippen LogP contribution >= 0.6 is 0 Å². The summed E-state index contributed by atoms with van der Waals surface area (Å²) >= 11 is 0. The molecule has 6 nitrogen and oxygen atoms in total. The first-order valence-corrected chi connectivity index (χ1v) is 9.13. The van der Waals surface area contributed by atoms with Crippen molar-refractivity contribution in [3.8, 4) is 0 Å². The fraction of sp³-hybridized carbons (Fsp3) is 0.227. The predicted molar refractivity (Wildman–Crippen MR) is 108 cm³/mol. The van der Waals surface area contributed by atoms with E-state index in [4.69, 9.17) is 4.74 Å². The van der Waals surface area contributed by atoms with Gasteiger partial charge in [-0.1, -0.05) is 43.3 Å². The number of rotatable bonds is 6. The third-order valence-corrected chi connectivity index (χ3v) is 4.69. The van der Waals surface area contributed by atoms with Crippen molar-refractivity contribution in [1.82, 2.24) is 9.78 Å². The van der Waals surface area contributed by atoms with E-state index in [1.165, 1.54) is 7.11 Å². The Morgan fingerprint density at radius 2 is 1.82 bits per heavy atom. The van der Waals surface area contributed by atoms with E-state index in [2.05, 4.69) is 10.4 Å². The highest BCUT2D eigenvalue weighted by Gasteiger charge is 2.19. The van der Waals surface area contributed by atoms with E-state index >= 15 is 0 Å². The first-order chi connectivity index (χ1) is 13.5. The molecule has 1 amide bonds. The summed E-state index contributed by atoms with van der Waals surface area (Å²) in [5.74, 6) is -0.681. The maximum absolute atomic E-state index is 12.9. The van der Waals surface area contributed by atoms with Gasteiger partial charge in [0.25, 0.3) is 5.91 Å². The molecule has 1 aromatic heterocycles. The van der Waals surface area contributed by atoms with Crippen molar-refractivity contribution in [3.63, 3.8) is 0 Å². The number of carbonyl (C=O) groups excluding carboxylic acids is 2. The van der Waals surface area contributed by atoms with Gasteiger partial charge >= 0.3 is 5.97 Å². The molecule has 0 saturated carbocycles. The van der Waals surface area contributed by atoms with Crippen LogP contribution in [0.4, 0.5) is 5.69 Å². The second kappa shape index (κ2) is 8.52. The predicted octanol–water partition coefficient (Wildman–Crippen LogP) is 3.84. The molecule has 0 unspecified atom stereocenters. The molecule has 28 heavy (non-hydrogen) atoms. The number of nitrogens with zero attached hydrogens (tertiary/aromatic N) is 2. The molecule has 0 atom stereocenters. The molecular formula is C22H23N3O3. The molecule has 1 heterocycles. The van der Waals surface area contributed by atoms with Gasteiger partial charge in [-0.3, -0.25) is 9.48 Å². The average Bonchev–Trinajstić information content (AvgIpc) is 3.12. The van der Waals surface area contributed by atoms with Crippen molar-refractivity contribution < 1.29 is 14.3 Å². The molecule has 0 aliphatic rings. The van der Waals surface area contributed by atoms with Crippen LogP contribution in [0.25, 0.3) is 0 Å². The fourth-order valence-electron chi connectivity index (χ4n) is 3.16. The minimum atomic E-state index is -0.432. The Morgan fingerprint density at radius 3 is 2.50 bits per heavy atom. The molecule has 0 aliphatic carbocycles. The fourth-order valence-corrected chi connectivity index (χ4v) is 3.16. The van der Waals surface area contributed by atoms with E-state index in [1.54, 1.807) is 31.3 Å². The Bertz CT molecular complexity index is 994. The molecule has 0 aliphatic heterocycles. The number of methoxy groups -OCH3 is 1. The summed E-state index contributed by atoms with van der Waals surface area (Å²) < 4.78 is 6.64. The minimum absolute atomic E-state index is 0.249. The first kappa shape index (κ1) is 19.4. The summed E-state index contributed by atoms with van der Waals surface area (Å²) in [5, 5.41) is 7.31. The highest BCUT2D eigenvalue weighted by Crippen LogP contribution is 2.21. The van der Waals surface area contributed by atoms with Crippen LogP contribution in [0, 0.1) is 6.92 Å². The number of nitrogens with one attached hydrogen (secondary N) is 1. The third kappa shape index (κ3) is 3.96. The lowest BCUT2D eigenvalue weighted by Crippen LogP contribution is -2.16. The first-order valence-electron chi connectivity index (χ1n) is 9.13. The Hall–Kier alpha value is -3.41. The van der Waals surface area contributed by atoms with Gasteiger partial charge in [0.2, 0.25) is 0 Å². The summed E-state index contributed by atoms with van der Waals surface area (Å²) in [6.07, 6.45) is 2.27. The van der Waals surface area contributed by atoms with E-state index in [1.807, 2.05) is 41.9 Å². The minimum Gasteiger partial charge on any atom is -0.465 e. The largest absolute Gasteiger partial charge is 0.465 e. The number of aromatic nitrogens is 2. The van der Waals surface area contributed by atoms with Gasteiger partial charge in [0.1, 0.15) is 0 Å². The number of esters is 1. The Kier molecular flexibility index (Phi) is 5.89. The molecule has 0 bridgehead atoms. The lowest BCUT2D eigenvalue weighted by molar-refractivity contribution is 0.0599. The third-order valence-electron chi connectivity index (χ3n) is 4.69. The maximum Gasteiger partial charge on any atom is 0.338 e. The molecular weight excluding hydrogens is 354 g/mol. The molecule has 0 spiro atoms. The monoisotopic (exact) mass is 377 g/mol. The van der Waals surface area contributed by atoms with Gasteiger partial charge in [-0.05, 0) is 36.6 Å². The summed E-state index contributed by atoms with van der Waals surface area (Å²) in [6, 6.07) is 15.1. The Morgan fingerprint density at radius 1 is 1.07 bits per heavy atom. The molecule has 0 fully saturated rings. The number of anilines is 1. The number of benzene rings is 2. The van der Waals surface area contributed by atoms with Crippen LogP contribution in [0.2, 0.25) is 0 Å². The van der Waals surface area contributed by atoms with Crippen LogP contribution in [0.5, 0.6) is 0 Å². The van der Waals surface area contributed by atoms with Crippen LogP contribution in [0.15, 0.2) is 54.7 Å². The summed E-state index contributed by atoms with van der Waals surface area (Å²) in [6.45, 7) is 4.38. The summed E-state index contributed by atoms with van der Waals surface area (Å²) in [7, 11) is 1.33. The number of carbonyl (C=O) groups is 2. The second-order valence-electron chi connectivity index (χ2n) is 6.43. The molecule has 6 heteroatoms. The van der Waals surface area contributed by atoms with Crippen molar-refractivity contribution in [2.75, 3.05) is 12.4 Å². The molecule has 0 radical (unpaired) electrons. The number of hydrogen-bond donors (Lipinski definition) is 1. The second-order valence-corrected chi connectivity index (χ2v) is 6.43. The van der Waals surface area contributed by atoms with Crippen LogP contribution < -0.4 is 5.32 Å². The topological polar surface area (TPSA) is 73.2 Å². The summed E-state index contributed by atoms with van der Waals surface area (Å²) in [5.41, 5.74) is 4.18. The smallest absolute Gasteiger partial charge is 0.338 e. The molecule has 0 saturated heterocycles. The zero-order chi connectivity index (χ0) is 20.1. The van der Waals surface area contributed by atoms with Gasteiger partial charge in [0.15, 0.2) is 0 Å². The zero-order valence-corrected chi connectivity index (χ0v) is 16.2. The van der Waals surface area contributed by atoms with Gasteiger partial charge in [-0.15, -0.1) is 0 Å². The van der Waals surface area contributed by atoms with Crippen molar-refractivity contribution in [1.29, 1.82) is 0 Å². The lowest BCUT2D eigenvalue weighted by Gasteiger charge is -2.12. The highest BCUT2D eigenvalue weighted by atomic mass is 16.5. The number of amides is 1. The van der Waals surface area contributed by atoms with Crippen LogP contribution in [0.1, 0.15) is 44.5 Å². The van der Waals surface area contributed by atoms with Crippen LogP contribution in [-0.2, 0) is 17.7 Å². The SMILES string of the molecule is CCc1c(C(=O)Nc2cccc(C(=O)OC)c2C)cnn1Cc1ccccc1. The van der Waals surface area contributed by atoms with Gasteiger partial charge in [0, 0.05) is 5.69 Å². The van der Waals surface area contributed by atoms with Crippen molar-refractivity contribution in [2.45, 2.75) is 26.8 Å². The van der Waals surface area contributed by atoms with Gasteiger partial charge in [-0.25, -0.2) is 4.79 Å². The van der Waals surface area contributed by atoms with Gasteiger partial charge in [0.05, 0.1) is 36.7 Å². The molecule has 144 valence electrons. The quantitative estimate of drug-likeness (QED) is 0.663. The Labute approximate surface area is 164 Å². The lowest BCUT2D eigenvalue weighted by atomic mass is 10.1. The number of hydrogen-bond acceptors (Lipinski definition) is 4. The standard InChI is InChI=1S/C22H23N3O3/c1-4-20-18(13-23-25(20)14-16-9-6-5-7-10-16)21(26)24-19-12-8-11-17(15(19)2)22(27)28-3/h5-13H,4,14H2,1-3H3,(H,24,26). The maximum atomic E-state index is 12.9. The Balaban J connectivity index is 1.85. The van der Waals surface area contributed by atoms with E-state index < -0.39 is 5.97 Å². The zero-order valence-electron chi connectivity index (χ0n) is 16.2. The van der Waals surface area contributed by atoms with Crippen molar-refractivity contribution >= 4 is 17.6 Å². The number of ether oxygens (including phenoxy) is 1. The molecule has 1 N–H and O–H groups in total. The van der Waals surface area contributed by atoms with E-state index in [0.29, 0.717) is 35.3 Å². The van der Waals surface area contributed by atoms with Gasteiger partial charge in [-0.2, -0.15) is 5.10 Å². The van der Waals surface area contributed by atoms with Crippen LogP contribution in [0.3, 0.4) is 0 Å². The highest BCUT2D eigenvalue weighted by molar-refractivity contribution is 6.06. The van der Waals surface area contributed by atoms with E-state index in [-0.39, 0.29) is 5.91 Å². The molecule has 3 aromatic rings. The molecule has 3 rings (SSSR count). The van der Waals surface area contributed by atoms with E-state index in [0.717, 1.165) is 11.3 Å². The van der Waals surface area contributed by atoms with Gasteiger partial charge < -0.3 is 10.1 Å². The normalized spacial score (nSPS) is 10.5. The molecule has 2 aromatic carbocycles. The van der Waals surface area contributed by atoms with Crippen molar-refractivity contribution in [3.05, 3.63) is 82.7 Å². The van der Waals surface area contributed by atoms with E-state index in [9.17, 15) is 9.59 Å². The van der Waals surface area contributed by atoms with Crippen LogP contribution in [-0.4, -0.2) is 28.8 Å². The van der Waals surface area contributed by atoms with Crippen molar-refractivity contribution in [2.24, 2.45) is 0 Å². The summed E-state index contributed by atoms with van der Waals surface area (Å²) in [4.78, 5) is 24.8. The average molecular weight is 377 g/mol.